The summed E-state index contributed by atoms with van der Waals surface area (Å²) in [6.07, 6.45) is 23.6. The van der Waals surface area contributed by atoms with Crippen molar-refractivity contribution < 1.29 is 13.9 Å². The Kier molecular flexibility index (Phi) is 9.24. The van der Waals surface area contributed by atoms with Crippen LogP contribution in [0.5, 0.6) is 5.75 Å². The number of likely N-dealkylation sites (tertiary alicyclic amines) is 1. The molecular weight excluding hydrogens is 662 g/mol. The van der Waals surface area contributed by atoms with Gasteiger partial charge >= 0.3 is 0 Å². The highest BCUT2D eigenvalue weighted by molar-refractivity contribution is 5.98. The van der Waals surface area contributed by atoms with Crippen LogP contribution in [0.3, 0.4) is 0 Å². The maximum Gasteiger partial charge on any atom is 0.224 e. The lowest BCUT2D eigenvalue weighted by molar-refractivity contribution is -0.121. The van der Waals surface area contributed by atoms with Crippen molar-refractivity contribution >= 4 is 29.0 Å². The van der Waals surface area contributed by atoms with Crippen molar-refractivity contribution in [3.8, 4) is 28.3 Å². The number of aromatic amines is 2. The highest BCUT2D eigenvalue weighted by Crippen LogP contribution is 2.43. The van der Waals surface area contributed by atoms with E-state index in [0.29, 0.717) is 30.6 Å². The van der Waals surface area contributed by atoms with Gasteiger partial charge in [-0.3, -0.25) is 14.8 Å². The van der Waals surface area contributed by atoms with E-state index < -0.39 is 0 Å². The molecule has 5 aliphatic rings. The smallest absolute Gasteiger partial charge is 0.224 e. The van der Waals surface area contributed by atoms with Gasteiger partial charge in [0, 0.05) is 46.8 Å². The van der Waals surface area contributed by atoms with E-state index in [1.54, 1.807) is 6.07 Å². The van der Waals surface area contributed by atoms with E-state index in [4.69, 9.17) is 9.84 Å². The number of carbonyl (C=O) groups is 1. The molecule has 1 unspecified atom stereocenters. The molecule has 0 spiro atoms. The summed E-state index contributed by atoms with van der Waals surface area (Å²) in [5.41, 5.74) is 8.86. The normalized spacial score (nSPS) is 21.5. The summed E-state index contributed by atoms with van der Waals surface area (Å²) in [5.74, 6) is 1.42. The molecule has 0 radical (unpaired) electrons. The van der Waals surface area contributed by atoms with Crippen LogP contribution >= 0.6 is 0 Å². The molecule has 2 aromatic heterocycles. The molecule has 3 heterocycles. The fourth-order valence-electron chi connectivity index (χ4n) is 8.77. The van der Waals surface area contributed by atoms with Crippen molar-refractivity contribution in [1.29, 1.82) is 0 Å². The van der Waals surface area contributed by atoms with E-state index in [-0.39, 0.29) is 17.6 Å². The molecule has 4 aliphatic carbocycles. The number of rotatable bonds is 10. The fourth-order valence-corrected chi connectivity index (χ4v) is 8.77. The highest BCUT2D eigenvalue weighted by Gasteiger charge is 2.31. The maximum atomic E-state index is 15.0. The number of halogens is 1. The zero-order valence-electron chi connectivity index (χ0n) is 30.5. The third-order valence-corrected chi connectivity index (χ3v) is 11.6. The van der Waals surface area contributed by atoms with Gasteiger partial charge in [0.05, 0.1) is 11.0 Å². The minimum Gasteiger partial charge on any atom is -0.492 e. The Hall–Kier alpha value is -4.95. The topological polar surface area (TPSA) is 86.0 Å². The van der Waals surface area contributed by atoms with Crippen LogP contribution in [-0.2, 0) is 4.79 Å². The van der Waals surface area contributed by atoms with Crippen LogP contribution in [0, 0.1) is 23.6 Å². The van der Waals surface area contributed by atoms with Crippen molar-refractivity contribution in [3.63, 3.8) is 0 Å². The van der Waals surface area contributed by atoms with Crippen LogP contribution in [0.25, 0.3) is 45.6 Å². The summed E-state index contributed by atoms with van der Waals surface area (Å²) in [6.45, 7) is 5.79. The summed E-state index contributed by atoms with van der Waals surface area (Å²) in [6, 6.07) is 13.2. The van der Waals surface area contributed by atoms with Crippen LogP contribution in [0.2, 0.25) is 0 Å². The van der Waals surface area contributed by atoms with E-state index in [0.717, 1.165) is 99.7 Å². The number of aromatic nitrogens is 3. The molecular formula is C45H48FN5O2. The predicted molar refractivity (Wildman–Crippen MR) is 210 cm³/mol. The van der Waals surface area contributed by atoms with Crippen LogP contribution in [0.1, 0.15) is 64.7 Å². The monoisotopic (exact) mass is 709 g/mol. The SMILES string of the molecule is C[C@H]1C=C(C2=CC3CC3=CC(NC(=O)CC3CCCCC3)=C2)C=c2c(-c3cc4c(-c5cc(F)cc(OCCN6CCCC6)c5)cccc4[nH]3)n[nH]c2=C1. The number of H-pyrrole nitrogens is 2. The van der Waals surface area contributed by atoms with Crippen molar-refractivity contribution in [2.75, 3.05) is 26.2 Å². The second-order valence-corrected chi connectivity index (χ2v) is 15.7. The number of nitrogens with one attached hydrogen (secondary N) is 3. The van der Waals surface area contributed by atoms with Gasteiger partial charge in [0.1, 0.15) is 23.9 Å². The van der Waals surface area contributed by atoms with Gasteiger partial charge in [-0.2, -0.15) is 5.10 Å². The third kappa shape index (κ3) is 7.47. The first-order valence-electron chi connectivity index (χ1n) is 19.6. The molecule has 1 amide bonds. The molecule has 9 rings (SSSR count). The van der Waals surface area contributed by atoms with Crippen LogP contribution in [0.15, 0.2) is 89.2 Å². The van der Waals surface area contributed by atoms with E-state index in [1.807, 2.05) is 18.2 Å². The Morgan fingerprint density at radius 1 is 0.981 bits per heavy atom. The van der Waals surface area contributed by atoms with Gasteiger partial charge in [-0.1, -0.05) is 62.1 Å². The summed E-state index contributed by atoms with van der Waals surface area (Å²) in [5, 5.41) is 14.4. The van der Waals surface area contributed by atoms with Gasteiger partial charge in [0.2, 0.25) is 5.91 Å². The summed E-state index contributed by atoms with van der Waals surface area (Å²) < 4.78 is 21.0. The van der Waals surface area contributed by atoms with Gasteiger partial charge in [0.15, 0.2) is 0 Å². The van der Waals surface area contributed by atoms with Gasteiger partial charge in [-0.05, 0) is 122 Å². The maximum absolute atomic E-state index is 15.0. The molecule has 53 heavy (non-hydrogen) atoms. The minimum absolute atomic E-state index is 0.121. The highest BCUT2D eigenvalue weighted by atomic mass is 19.1. The van der Waals surface area contributed by atoms with Crippen molar-refractivity contribution in [3.05, 3.63) is 106 Å². The average Bonchev–Trinajstić information content (AvgIpc) is 3.41. The van der Waals surface area contributed by atoms with Gasteiger partial charge in [-0.25, -0.2) is 4.39 Å². The number of nitrogens with zero attached hydrogens (tertiary/aromatic N) is 2. The molecule has 0 bridgehead atoms. The summed E-state index contributed by atoms with van der Waals surface area (Å²) >= 11 is 0. The third-order valence-electron chi connectivity index (χ3n) is 11.6. The zero-order valence-corrected chi connectivity index (χ0v) is 30.5. The van der Waals surface area contributed by atoms with E-state index in [9.17, 15) is 9.18 Å². The Bertz CT molecular complexity index is 2310. The lowest BCUT2D eigenvalue weighted by Crippen LogP contribution is -2.25. The Morgan fingerprint density at radius 2 is 1.83 bits per heavy atom. The standard InChI is InChI=1S/C45H48FN5O2/c1-28-16-30(32-19-31-20-33(31)23-36(22-32)47-44(52)18-29-8-3-2-4-9-29)25-40-42(17-28)49-50-45(40)43-27-39-38(10-7-11-41(39)48-43)34-21-35(46)26-37(24-34)53-15-14-51-12-5-6-13-51/h7,10-11,16-17,19,21-29,31,48-49H,2-6,8-9,12-15,18,20H2,1H3,(H,47,52)/t28-,31?/m0/s1. The number of fused-ring (bicyclic) bond motifs is 3. The van der Waals surface area contributed by atoms with Gasteiger partial charge in [0.25, 0.3) is 0 Å². The first-order valence-corrected chi connectivity index (χ1v) is 19.6. The molecule has 7 nitrogen and oxygen atoms in total. The second-order valence-electron chi connectivity index (χ2n) is 15.7. The molecule has 1 aliphatic heterocycles. The van der Waals surface area contributed by atoms with Crippen molar-refractivity contribution in [2.24, 2.45) is 17.8 Å². The molecule has 272 valence electrons. The molecule has 2 atom stereocenters. The number of amides is 1. The average molecular weight is 710 g/mol. The second kappa shape index (κ2) is 14.5. The van der Waals surface area contributed by atoms with Crippen LogP contribution in [0.4, 0.5) is 4.39 Å². The van der Waals surface area contributed by atoms with E-state index in [2.05, 4.69) is 75.8 Å². The number of hydrogen-bond donors (Lipinski definition) is 3. The fraction of sp³-hybridized carbons (Fsp3) is 0.378. The molecule has 8 heteroatoms. The van der Waals surface area contributed by atoms with Gasteiger partial charge < -0.3 is 15.0 Å². The lowest BCUT2D eigenvalue weighted by Gasteiger charge is -2.21. The number of ether oxygens (including phenoxy) is 1. The van der Waals surface area contributed by atoms with E-state index in [1.165, 1.54) is 43.7 Å². The molecule has 4 aromatic rings. The number of benzene rings is 2. The first kappa shape index (κ1) is 33.9. The molecule has 2 aromatic carbocycles. The molecule has 3 fully saturated rings. The Morgan fingerprint density at radius 3 is 2.70 bits per heavy atom. The number of carbonyl (C=O) groups excluding carboxylic acids is 1. The number of hydrogen-bond acceptors (Lipinski definition) is 4. The predicted octanol–water partition coefficient (Wildman–Crippen LogP) is 7.83. The molecule has 3 N–H and O–H groups in total. The van der Waals surface area contributed by atoms with E-state index >= 15 is 0 Å². The van der Waals surface area contributed by atoms with Gasteiger partial charge in [-0.15, -0.1) is 0 Å². The minimum atomic E-state index is -0.315. The van der Waals surface area contributed by atoms with Crippen LogP contribution < -0.4 is 20.6 Å². The van der Waals surface area contributed by atoms with Crippen molar-refractivity contribution in [2.45, 2.75) is 64.7 Å². The van der Waals surface area contributed by atoms with Crippen LogP contribution in [-0.4, -0.2) is 52.2 Å². The van der Waals surface area contributed by atoms with Crippen molar-refractivity contribution in [1.82, 2.24) is 25.4 Å². The Labute approximate surface area is 310 Å². The quantitative estimate of drug-likeness (QED) is 0.157. The first-order chi connectivity index (χ1) is 25.9. The summed E-state index contributed by atoms with van der Waals surface area (Å²) in [7, 11) is 0. The summed E-state index contributed by atoms with van der Waals surface area (Å²) in [4.78, 5) is 19.2. The Balaban J connectivity index is 1.01. The zero-order chi connectivity index (χ0) is 35.9. The number of allylic oxidation sites excluding steroid dienone is 7. The lowest BCUT2D eigenvalue weighted by atomic mass is 9.87. The molecule has 2 saturated carbocycles. The largest absolute Gasteiger partial charge is 0.492 e. The molecule has 1 saturated heterocycles.